The van der Waals surface area contributed by atoms with Crippen molar-refractivity contribution in [3.05, 3.63) is 29.8 Å². The summed E-state index contributed by atoms with van der Waals surface area (Å²) in [6, 6.07) is 11.3. The molecule has 11 heavy (non-hydrogen) atoms. The molecule has 0 aliphatic carbocycles. The maximum absolute atomic E-state index is 3.07. The molecule has 0 spiro atoms. The van der Waals surface area contributed by atoms with Crippen molar-refractivity contribution in [2.24, 2.45) is 0 Å². The van der Waals surface area contributed by atoms with Gasteiger partial charge in [0.05, 0.1) is 5.69 Å². The van der Waals surface area contributed by atoms with E-state index >= 15 is 0 Å². The lowest BCUT2D eigenvalue weighted by Crippen LogP contribution is -2.13. The summed E-state index contributed by atoms with van der Waals surface area (Å²) in [4.78, 5) is 1.97. The van der Waals surface area contributed by atoms with E-state index in [9.17, 15) is 0 Å². The summed E-state index contributed by atoms with van der Waals surface area (Å²) >= 11 is 0. The van der Waals surface area contributed by atoms with Gasteiger partial charge in [0.2, 0.25) is 0 Å². The Hall–Kier alpha value is -1.42. The molecule has 0 aromatic heterocycles. The molecule has 1 aliphatic heterocycles. The second-order valence-electron chi connectivity index (χ2n) is 2.65. The summed E-state index contributed by atoms with van der Waals surface area (Å²) in [7, 11) is 1.99. The number of nitrogens with zero attached hydrogens (tertiary/aromatic N) is 1. The first-order valence-corrected chi connectivity index (χ1v) is 3.68. The minimum absolute atomic E-state index is 0.889. The van der Waals surface area contributed by atoms with Gasteiger partial charge in [0.15, 0.2) is 0 Å². The van der Waals surface area contributed by atoms with Crippen LogP contribution >= 0.6 is 0 Å². The second-order valence-corrected chi connectivity index (χ2v) is 2.65. The first kappa shape index (κ1) is 6.30. The highest BCUT2D eigenvalue weighted by Crippen LogP contribution is 2.20. The summed E-state index contributed by atoms with van der Waals surface area (Å²) in [5.74, 6) is 3.07. The number of anilines is 1. The topological polar surface area (TPSA) is 3.24 Å². The molecular formula is C10H9N. The molecule has 0 atom stereocenters. The standard InChI is InChI=1S/C10H9N/c1-11-8-4-6-9-5-2-3-7-10(9)11/h2-3,5,7H,6H2,1H3. The van der Waals surface area contributed by atoms with Crippen molar-refractivity contribution in [1.29, 1.82) is 0 Å². The van der Waals surface area contributed by atoms with Gasteiger partial charge in [0.1, 0.15) is 0 Å². The summed E-state index contributed by atoms with van der Waals surface area (Å²) in [5, 5.41) is 0. The first-order chi connectivity index (χ1) is 5.38. The van der Waals surface area contributed by atoms with E-state index in [1.807, 2.05) is 18.0 Å². The van der Waals surface area contributed by atoms with Gasteiger partial charge in [0, 0.05) is 19.5 Å². The predicted octanol–water partition coefficient (Wildman–Crippen LogP) is 1.64. The van der Waals surface area contributed by atoms with Crippen molar-refractivity contribution in [3.63, 3.8) is 0 Å². The van der Waals surface area contributed by atoms with Gasteiger partial charge < -0.3 is 4.90 Å². The normalized spacial score (nSPS) is 13.4. The van der Waals surface area contributed by atoms with Crippen LogP contribution in [0, 0.1) is 12.0 Å². The predicted molar refractivity (Wildman–Crippen MR) is 46.3 cm³/mol. The third-order valence-corrected chi connectivity index (χ3v) is 1.88. The molecule has 1 nitrogen and oxygen atoms in total. The Morgan fingerprint density at radius 2 is 2.18 bits per heavy atom. The van der Waals surface area contributed by atoms with E-state index in [2.05, 4.69) is 30.2 Å². The fourth-order valence-electron chi connectivity index (χ4n) is 1.30. The Labute approximate surface area is 66.6 Å². The van der Waals surface area contributed by atoms with Crippen LogP contribution in [0.25, 0.3) is 0 Å². The summed E-state index contributed by atoms with van der Waals surface area (Å²) in [5.41, 5.74) is 2.57. The molecule has 0 bridgehead atoms. The fourth-order valence-corrected chi connectivity index (χ4v) is 1.30. The molecule has 1 heteroatoms. The third-order valence-electron chi connectivity index (χ3n) is 1.88. The highest BCUT2D eigenvalue weighted by atomic mass is 15.1. The minimum atomic E-state index is 0.889. The van der Waals surface area contributed by atoms with Crippen molar-refractivity contribution in [2.45, 2.75) is 6.42 Å². The Kier molecular flexibility index (Phi) is 1.33. The molecule has 1 aliphatic rings. The molecule has 0 unspecified atom stereocenters. The molecule has 0 fully saturated rings. The number of hydrogen-bond donors (Lipinski definition) is 0. The van der Waals surface area contributed by atoms with Gasteiger partial charge in [-0.1, -0.05) is 24.1 Å². The lowest BCUT2D eigenvalue weighted by molar-refractivity contribution is 1.15. The third kappa shape index (κ3) is 0.969. The van der Waals surface area contributed by atoms with E-state index < -0.39 is 0 Å². The summed E-state index contributed by atoms with van der Waals surface area (Å²) in [6.45, 7) is 0. The molecule has 1 aromatic carbocycles. The lowest BCUT2D eigenvalue weighted by Gasteiger charge is -2.17. The van der Waals surface area contributed by atoms with E-state index in [4.69, 9.17) is 0 Å². The Morgan fingerprint density at radius 3 is 3.00 bits per heavy atom. The molecular weight excluding hydrogens is 134 g/mol. The molecule has 0 radical (unpaired) electrons. The van der Waals surface area contributed by atoms with Gasteiger partial charge in [0.25, 0.3) is 0 Å². The average Bonchev–Trinajstić information content (AvgIpc) is 2.06. The maximum atomic E-state index is 3.07. The van der Waals surface area contributed by atoms with Crippen LogP contribution in [0.15, 0.2) is 24.3 Å². The Morgan fingerprint density at radius 1 is 1.36 bits per heavy atom. The molecule has 2 rings (SSSR count). The van der Waals surface area contributed by atoms with Crippen molar-refractivity contribution in [3.8, 4) is 12.0 Å². The van der Waals surface area contributed by atoms with Crippen LogP contribution in [0.5, 0.6) is 0 Å². The molecule has 54 valence electrons. The SMILES string of the molecule is CN1C#CCc2ccccc21. The van der Waals surface area contributed by atoms with Crippen LogP contribution < -0.4 is 4.90 Å². The molecule has 1 aromatic rings. The maximum Gasteiger partial charge on any atom is 0.0527 e. The number of para-hydroxylation sites is 1. The highest BCUT2D eigenvalue weighted by molar-refractivity contribution is 5.60. The van der Waals surface area contributed by atoms with Gasteiger partial charge in [-0.3, -0.25) is 0 Å². The van der Waals surface area contributed by atoms with Crippen molar-refractivity contribution in [1.82, 2.24) is 0 Å². The zero-order valence-electron chi connectivity index (χ0n) is 6.46. The van der Waals surface area contributed by atoms with E-state index in [-0.39, 0.29) is 0 Å². The largest absolute Gasteiger partial charge is 0.304 e. The fraction of sp³-hybridized carbons (Fsp3) is 0.200. The zero-order valence-corrected chi connectivity index (χ0v) is 6.46. The van der Waals surface area contributed by atoms with Crippen LogP contribution in [-0.4, -0.2) is 7.05 Å². The van der Waals surface area contributed by atoms with Crippen LogP contribution in [-0.2, 0) is 6.42 Å². The minimum Gasteiger partial charge on any atom is -0.304 e. The van der Waals surface area contributed by atoms with Crippen LogP contribution in [0.1, 0.15) is 5.56 Å². The van der Waals surface area contributed by atoms with Gasteiger partial charge in [-0.25, -0.2) is 0 Å². The van der Waals surface area contributed by atoms with E-state index in [1.165, 1.54) is 11.3 Å². The second kappa shape index (κ2) is 2.32. The number of rotatable bonds is 0. The van der Waals surface area contributed by atoms with Crippen LogP contribution in [0.3, 0.4) is 0 Å². The molecule has 1 heterocycles. The van der Waals surface area contributed by atoms with Gasteiger partial charge in [-0.15, -0.1) is 0 Å². The lowest BCUT2D eigenvalue weighted by atomic mass is 10.1. The van der Waals surface area contributed by atoms with E-state index in [0.29, 0.717) is 0 Å². The van der Waals surface area contributed by atoms with Gasteiger partial charge >= 0.3 is 0 Å². The van der Waals surface area contributed by atoms with Crippen molar-refractivity contribution < 1.29 is 0 Å². The monoisotopic (exact) mass is 143 g/mol. The molecule has 0 saturated heterocycles. The first-order valence-electron chi connectivity index (χ1n) is 3.68. The Bertz CT molecular complexity index is 330. The summed E-state index contributed by atoms with van der Waals surface area (Å²) < 4.78 is 0. The summed E-state index contributed by atoms with van der Waals surface area (Å²) in [6.07, 6.45) is 0.889. The van der Waals surface area contributed by atoms with Crippen LogP contribution in [0.2, 0.25) is 0 Å². The zero-order chi connectivity index (χ0) is 7.68. The Balaban J connectivity index is 2.55. The quantitative estimate of drug-likeness (QED) is 0.499. The van der Waals surface area contributed by atoms with Gasteiger partial charge in [-0.05, 0) is 11.6 Å². The molecule has 0 N–H and O–H groups in total. The number of fused-ring (bicyclic) bond motifs is 1. The van der Waals surface area contributed by atoms with Gasteiger partial charge in [-0.2, -0.15) is 0 Å². The average molecular weight is 143 g/mol. The highest BCUT2D eigenvalue weighted by Gasteiger charge is 2.06. The number of benzene rings is 1. The van der Waals surface area contributed by atoms with E-state index in [0.717, 1.165) is 6.42 Å². The number of hydrogen-bond acceptors (Lipinski definition) is 1. The van der Waals surface area contributed by atoms with Crippen molar-refractivity contribution >= 4 is 5.69 Å². The van der Waals surface area contributed by atoms with E-state index in [1.54, 1.807) is 0 Å². The molecule has 0 amide bonds. The molecule has 0 saturated carbocycles. The smallest absolute Gasteiger partial charge is 0.0527 e. The van der Waals surface area contributed by atoms with Crippen LogP contribution in [0.4, 0.5) is 5.69 Å². The van der Waals surface area contributed by atoms with Crippen molar-refractivity contribution in [2.75, 3.05) is 11.9 Å².